The van der Waals surface area contributed by atoms with E-state index in [2.05, 4.69) is 46.1 Å². The smallest absolute Gasteiger partial charge is 0.140 e. The molecule has 1 aliphatic rings. The maximum Gasteiger partial charge on any atom is 0.140 e. The van der Waals surface area contributed by atoms with Crippen LogP contribution >= 0.6 is 15.9 Å². The van der Waals surface area contributed by atoms with Crippen molar-refractivity contribution in [2.24, 2.45) is 11.8 Å². The number of rotatable bonds is 4. The first kappa shape index (κ1) is 13.9. The topological polar surface area (TPSA) is 24.9 Å². The quantitative estimate of drug-likeness (QED) is 0.865. The Hall–Kier alpha value is -0.570. The third-order valence-corrected chi connectivity index (χ3v) is 4.68. The molecule has 100 valence electrons. The summed E-state index contributed by atoms with van der Waals surface area (Å²) in [6.07, 6.45) is 8.83. The first-order chi connectivity index (χ1) is 8.69. The highest BCUT2D eigenvalue weighted by Gasteiger charge is 2.19. The molecule has 0 unspecified atom stereocenters. The van der Waals surface area contributed by atoms with Crippen LogP contribution in [0.15, 0.2) is 16.7 Å². The van der Waals surface area contributed by atoms with E-state index in [1.165, 1.54) is 37.7 Å². The van der Waals surface area contributed by atoms with Crippen molar-refractivity contribution in [3.63, 3.8) is 0 Å². The van der Waals surface area contributed by atoms with Crippen LogP contribution in [0.4, 0.5) is 5.82 Å². The Balaban J connectivity index is 1.81. The zero-order valence-corrected chi connectivity index (χ0v) is 13.0. The third kappa shape index (κ3) is 3.71. The molecular weight excluding hydrogens is 288 g/mol. The van der Waals surface area contributed by atoms with E-state index < -0.39 is 0 Å². The van der Waals surface area contributed by atoms with Gasteiger partial charge in [0.05, 0.1) is 4.47 Å². The zero-order valence-electron chi connectivity index (χ0n) is 11.4. The summed E-state index contributed by atoms with van der Waals surface area (Å²) in [5.41, 5.74) is 1.19. The fraction of sp³-hybridized carbons (Fsp3) is 0.667. The fourth-order valence-electron chi connectivity index (χ4n) is 2.75. The Morgan fingerprint density at radius 1 is 1.28 bits per heavy atom. The van der Waals surface area contributed by atoms with Crippen LogP contribution in [0.3, 0.4) is 0 Å². The number of hydrogen-bond acceptors (Lipinski definition) is 2. The average Bonchev–Trinajstić information content (AvgIpc) is 2.38. The molecule has 0 saturated heterocycles. The van der Waals surface area contributed by atoms with Crippen LogP contribution in [-0.2, 0) is 0 Å². The molecular formula is C15H23BrN2. The van der Waals surface area contributed by atoms with Crippen molar-refractivity contribution in [2.45, 2.75) is 46.0 Å². The van der Waals surface area contributed by atoms with Crippen LogP contribution in [0.1, 0.15) is 44.6 Å². The Bertz CT molecular complexity index is 384. The molecule has 3 heteroatoms. The maximum atomic E-state index is 4.44. The molecule has 1 heterocycles. The molecule has 1 N–H and O–H groups in total. The summed E-state index contributed by atoms with van der Waals surface area (Å²) in [4.78, 5) is 4.44. The van der Waals surface area contributed by atoms with E-state index in [1.54, 1.807) is 0 Å². The lowest BCUT2D eigenvalue weighted by atomic mass is 9.81. The van der Waals surface area contributed by atoms with E-state index in [9.17, 15) is 0 Å². The van der Waals surface area contributed by atoms with Crippen molar-refractivity contribution in [2.75, 3.05) is 11.9 Å². The summed E-state index contributed by atoms with van der Waals surface area (Å²) in [6.45, 7) is 5.44. The largest absolute Gasteiger partial charge is 0.369 e. The van der Waals surface area contributed by atoms with Crippen LogP contribution in [-0.4, -0.2) is 11.5 Å². The molecule has 2 rings (SSSR count). The Labute approximate surface area is 119 Å². The molecule has 1 aromatic rings. The lowest BCUT2D eigenvalue weighted by Gasteiger charge is -2.28. The number of aryl methyl sites for hydroxylation is 1. The summed E-state index contributed by atoms with van der Waals surface area (Å²) in [5.74, 6) is 2.78. The van der Waals surface area contributed by atoms with Crippen molar-refractivity contribution < 1.29 is 0 Å². The minimum atomic E-state index is 0.822. The fourth-order valence-corrected chi connectivity index (χ4v) is 3.35. The van der Waals surface area contributed by atoms with Crippen LogP contribution in [0.25, 0.3) is 0 Å². The molecule has 1 aliphatic carbocycles. The summed E-state index contributed by atoms with van der Waals surface area (Å²) in [7, 11) is 0. The summed E-state index contributed by atoms with van der Waals surface area (Å²) >= 11 is 3.57. The molecule has 0 radical (unpaired) electrons. The zero-order chi connectivity index (χ0) is 13.0. The van der Waals surface area contributed by atoms with Crippen LogP contribution < -0.4 is 5.32 Å². The molecule has 0 atom stereocenters. The van der Waals surface area contributed by atoms with Gasteiger partial charge >= 0.3 is 0 Å². The number of aromatic nitrogens is 1. The first-order valence-corrected chi connectivity index (χ1v) is 7.84. The molecule has 0 bridgehead atoms. The molecule has 1 saturated carbocycles. The van der Waals surface area contributed by atoms with Crippen molar-refractivity contribution in [3.8, 4) is 0 Å². The first-order valence-electron chi connectivity index (χ1n) is 7.05. The van der Waals surface area contributed by atoms with Gasteiger partial charge in [0.25, 0.3) is 0 Å². The number of halogens is 1. The van der Waals surface area contributed by atoms with E-state index in [4.69, 9.17) is 0 Å². The minimum Gasteiger partial charge on any atom is -0.369 e. The van der Waals surface area contributed by atoms with Crippen LogP contribution in [0, 0.1) is 18.8 Å². The highest BCUT2D eigenvalue weighted by atomic mass is 79.9. The minimum absolute atomic E-state index is 0.822. The monoisotopic (exact) mass is 310 g/mol. The van der Waals surface area contributed by atoms with Crippen molar-refractivity contribution in [3.05, 3.63) is 22.3 Å². The lowest BCUT2D eigenvalue weighted by Crippen LogP contribution is -2.21. The number of hydrogen-bond donors (Lipinski definition) is 1. The number of anilines is 1. The second-order valence-electron chi connectivity index (χ2n) is 5.52. The number of nitrogens with one attached hydrogen (secondary N) is 1. The predicted molar refractivity (Wildman–Crippen MR) is 80.9 cm³/mol. The molecule has 0 aliphatic heterocycles. The van der Waals surface area contributed by atoms with Crippen LogP contribution in [0.2, 0.25) is 0 Å². The third-order valence-electron chi connectivity index (χ3n) is 4.08. The lowest BCUT2D eigenvalue weighted by molar-refractivity contribution is 0.278. The normalized spacial score (nSPS) is 23.9. The van der Waals surface area contributed by atoms with Crippen molar-refractivity contribution in [1.29, 1.82) is 0 Å². The van der Waals surface area contributed by atoms with Gasteiger partial charge in [0.2, 0.25) is 0 Å². The van der Waals surface area contributed by atoms with Gasteiger partial charge in [0, 0.05) is 12.7 Å². The van der Waals surface area contributed by atoms with E-state index >= 15 is 0 Å². The van der Waals surface area contributed by atoms with Gasteiger partial charge in [0.15, 0.2) is 0 Å². The van der Waals surface area contributed by atoms with E-state index in [0.29, 0.717) is 0 Å². The van der Waals surface area contributed by atoms with Gasteiger partial charge in [-0.1, -0.05) is 26.2 Å². The standard InChI is InChI=1S/C15H23BrN2/c1-3-12-4-6-13(7-5-12)10-18-15-14(16)8-11(2)9-17-15/h8-9,12-13H,3-7,10H2,1-2H3,(H,17,18). The summed E-state index contributed by atoms with van der Waals surface area (Å²) in [6, 6.07) is 2.11. The SMILES string of the molecule is CCC1CCC(CNc2ncc(C)cc2Br)CC1. The molecule has 1 fully saturated rings. The molecule has 0 spiro atoms. The highest BCUT2D eigenvalue weighted by molar-refractivity contribution is 9.10. The highest BCUT2D eigenvalue weighted by Crippen LogP contribution is 2.31. The Morgan fingerprint density at radius 3 is 2.56 bits per heavy atom. The summed E-state index contributed by atoms with van der Waals surface area (Å²) < 4.78 is 1.07. The second kappa shape index (κ2) is 6.55. The number of nitrogens with zero attached hydrogens (tertiary/aromatic N) is 1. The van der Waals surface area contributed by atoms with Crippen molar-refractivity contribution >= 4 is 21.7 Å². The van der Waals surface area contributed by atoms with Crippen LogP contribution in [0.5, 0.6) is 0 Å². The molecule has 0 aromatic carbocycles. The van der Waals surface area contributed by atoms with Gasteiger partial charge in [-0.3, -0.25) is 0 Å². The van der Waals surface area contributed by atoms with Gasteiger partial charge in [0.1, 0.15) is 5.82 Å². The molecule has 0 amide bonds. The van der Waals surface area contributed by atoms with Crippen molar-refractivity contribution in [1.82, 2.24) is 4.98 Å². The summed E-state index contributed by atoms with van der Waals surface area (Å²) in [5, 5.41) is 3.48. The average molecular weight is 311 g/mol. The number of pyridine rings is 1. The second-order valence-corrected chi connectivity index (χ2v) is 6.37. The molecule has 1 aromatic heterocycles. The Morgan fingerprint density at radius 2 is 1.94 bits per heavy atom. The van der Waals surface area contributed by atoms with E-state index in [1.807, 2.05) is 6.20 Å². The molecule has 18 heavy (non-hydrogen) atoms. The van der Waals surface area contributed by atoms with Gasteiger partial charge in [-0.25, -0.2) is 4.98 Å². The Kier molecular flexibility index (Phi) is 5.04. The van der Waals surface area contributed by atoms with Gasteiger partial charge in [-0.15, -0.1) is 0 Å². The molecule has 2 nitrogen and oxygen atoms in total. The van der Waals surface area contributed by atoms with E-state index in [-0.39, 0.29) is 0 Å². The van der Waals surface area contributed by atoms with E-state index in [0.717, 1.165) is 28.7 Å². The van der Waals surface area contributed by atoms with Gasteiger partial charge in [-0.05, 0) is 59.2 Å². The maximum absolute atomic E-state index is 4.44. The van der Waals surface area contributed by atoms with Gasteiger partial charge < -0.3 is 5.32 Å². The predicted octanol–water partition coefficient (Wildman–Crippen LogP) is 4.78. The van der Waals surface area contributed by atoms with Gasteiger partial charge in [-0.2, -0.15) is 0 Å².